The Morgan fingerprint density at radius 3 is 2.18 bits per heavy atom. The van der Waals surface area contributed by atoms with Crippen LogP contribution in [0.4, 0.5) is 0 Å². The lowest BCUT2D eigenvalue weighted by molar-refractivity contribution is -0.0577. The average molecular weight is 243 g/mol. The summed E-state index contributed by atoms with van der Waals surface area (Å²) in [4.78, 5) is 0. The van der Waals surface area contributed by atoms with Gasteiger partial charge in [0.2, 0.25) is 0 Å². The minimum atomic E-state index is -0.0936. The fourth-order valence-corrected chi connectivity index (χ4v) is 3.00. The molecule has 0 aromatic rings. The highest BCUT2D eigenvalue weighted by Crippen LogP contribution is 2.35. The van der Waals surface area contributed by atoms with Crippen LogP contribution in [0.15, 0.2) is 0 Å². The van der Waals surface area contributed by atoms with Crippen molar-refractivity contribution in [2.75, 3.05) is 20.8 Å². The summed E-state index contributed by atoms with van der Waals surface area (Å²) >= 11 is 0. The molecular formula is C14H29NO2. The summed E-state index contributed by atoms with van der Waals surface area (Å²) in [5.74, 6) is 0.452. The molecule has 3 nitrogen and oxygen atoms in total. The molecule has 1 saturated carbocycles. The average Bonchev–Trinajstić information content (AvgIpc) is 2.61. The van der Waals surface area contributed by atoms with Gasteiger partial charge in [-0.05, 0) is 25.2 Å². The Morgan fingerprint density at radius 1 is 1.12 bits per heavy atom. The standard InChI is InChI=1S/C14H29NO2/c1-12(8-11-16-2)13(15)14(17-3)9-6-4-5-7-10-14/h12-13H,4-11,15H2,1-3H3. The Balaban J connectivity index is 2.62. The predicted molar refractivity (Wildman–Crippen MR) is 71.1 cm³/mol. The molecule has 1 aliphatic rings. The summed E-state index contributed by atoms with van der Waals surface area (Å²) in [7, 11) is 3.57. The first-order valence-electron chi connectivity index (χ1n) is 6.96. The van der Waals surface area contributed by atoms with E-state index < -0.39 is 0 Å². The van der Waals surface area contributed by atoms with Crippen LogP contribution in [0.25, 0.3) is 0 Å². The van der Waals surface area contributed by atoms with Gasteiger partial charge in [-0.2, -0.15) is 0 Å². The fraction of sp³-hybridized carbons (Fsp3) is 1.00. The Morgan fingerprint density at radius 2 is 1.71 bits per heavy atom. The lowest BCUT2D eigenvalue weighted by Crippen LogP contribution is -2.53. The van der Waals surface area contributed by atoms with E-state index in [-0.39, 0.29) is 11.6 Å². The van der Waals surface area contributed by atoms with Gasteiger partial charge in [0.05, 0.1) is 5.60 Å². The summed E-state index contributed by atoms with van der Waals surface area (Å²) in [5, 5.41) is 0. The molecule has 0 aromatic carbocycles. The molecule has 2 atom stereocenters. The van der Waals surface area contributed by atoms with Crippen molar-refractivity contribution in [2.24, 2.45) is 11.7 Å². The zero-order valence-corrected chi connectivity index (χ0v) is 11.7. The second kappa shape index (κ2) is 7.34. The van der Waals surface area contributed by atoms with Gasteiger partial charge in [-0.15, -0.1) is 0 Å². The van der Waals surface area contributed by atoms with Crippen molar-refractivity contribution in [3.8, 4) is 0 Å². The molecule has 0 aliphatic heterocycles. The molecule has 17 heavy (non-hydrogen) atoms. The summed E-state index contributed by atoms with van der Waals surface area (Å²) in [6.45, 7) is 3.00. The Kier molecular flexibility index (Phi) is 6.45. The first-order chi connectivity index (χ1) is 8.16. The molecule has 1 aliphatic carbocycles. The molecule has 0 spiro atoms. The van der Waals surface area contributed by atoms with Gasteiger partial charge in [-0.3, -0.25) is 0 Å². The number of rotatable bonds is 6. The zero-order valence-electron chi connectivity index (χ0n) is 11.7. The topological polar surface area (TPSA) is 44.5 Å². The van der Waals surface area contributed by atoms with Crippen molar-refractivity contribution in [1.82, 2.24) is 0 Å². The van der Waals surface area contributed by atoms with Crippen LogP contribution in [0.3, 0.4) is 0 Å². The highest BCUT2D eigenvalue weighted by Gasteiger charge is 2.39. The van der Waals surface area contributed by atoms with E-state index in [1.165, 1.54) is 25.7 Å². The third-order valence-corrected chi connectivity index (χ3v) is 4.35. The summed E-state index contributed by atoms with van der Waals surface area (Å²) < 4.78 is 11.0. The van der Waals surface area contributed by atoms with Gasteiger partial charge in [-0.25, -0.2) is 0 Å². The van der Waals surface area contributed by atoms with Crippen molar-refractivity contribution in [3.05, 3.63) is 0 Å². The monoisotopic (exact) mass is 243 g/mol. The molecule has 102 valence electrons. The number of ether oxygens (including phenoxy) is 2. The van der Waals surface area contributed by atoms with Crippen LogP contribution in [-0.2, 0) is 9.47 Å². The molecule has 0 bridgehead atoms. The van der Waals surface area contributed by atoms with E-state index >= 15 is 0 Å². The number of methoxy groups -OCH3 is 2. The normalized spacial score (nSPS) is 24.0. The van der Waals surface area contributed by atoms with Gasteiger partial charge in [0.25, 0.3) is 0 Å². The third-order valence-electron chi connectivity index (χ3n) is 4.35. The van der Waals surface area contributed by atoms with Crippen molar-refractivity contribution in [3.63, 3.8) is 0 Å². The van der Waals surface area contributed by atoms with Crippen LogP contribution in [-0.4, -0.2) is 32.5 Å². The molecule has 0 aromatic heterocycles. The zero-order chi connectivity index (χ0) is 12.7. The molecule has 0 radical (unpaired) electrons. The van der Waals surface area contributed by atoms with Gasteiger partial charge in [0.15, 0.2) is 0 Å². The van der Waals surface area contributed by atoms with Gasteiger partial charge in [-0.1, -0.05) is 32.6 Å². The maximum Gasteiger partial charge on any atom is 0.0831 e. The quantitative estimate of drug-likeness (QED) is 0.730. The molecular weight excluding hydrogens is 214 g/mol. The maximum atomic E-state index is 6.47. The largest absolute Gasteiger partial charge is 0.385 e. The van der Waals surface area contributed by atoms with E-state index in [1.807, 2.05) is 7.11 Å². The highest BCUT2D eigenvalue weighted by molar-refractivity contribution is 4.95. The van der Waals surface area contributed by atoms with E-state index in [9.17, 15) is 0 Å². The van der Waals surface area contributed by atoms with E-state index in [0.29, 0.717) is 5.92 Å². The summed E-state index contributed by atoms with van der Waals surface area (Å²) in [5.41, 5.74) is 6.37. The molecule has 0 amide bonds. The van der Waals surface area contributed by atoms with Crippen molar-refractivity contribution in [1.29, 1.82) is 0 Å². The fourth-order valence-electron chi connectivity index (χ4n) is 3.00. The van der Waals surface area contributed by atoms with Crippen molar-refractivity contribution >= 4 is 0 Å². The Hall–Kier alpha value is -0.120. The smallest absolute Gasteiger partial charge is 0.0831 e. The minimum absolute atomic E-state index is 0.0936. The molecule has 0 saturated heterocycles. The summed E-state index contributed by atoms with van der Waals surface area (Å²) in [6, 6.07) is 0.126. The maximum absolute atomic E-state index is 6.47. The molecule has 1 rings (SSSR count). The van der Waals surface area contributed by atoms with Crippen LogP contribution in [0, 0.1) is 5.92 Å². The van der Waals surface area contributed by atoms with Crippen molar-refractivity contribution in [2.45, 2.75) is 63.5 Å². The van der Waals surface area contributed by atoms with Gasteiger partial charge in [0, 0.05) is 26.9 Å². The summed E-state index contributed by atoms with van der Waals surface area (Å²) in [6.07, 6.45) is 8.39. The van der Waals surface area contributed by atoms with Crippen molar-refractivity contribution < 1.29 is 9.47 Å². The Bertz CT molecular complexity index is 200. The molecule has 1 fully saturated rings. The Labute approximate surface area is 106 Å². The molecule has 2 unspecified atom stereocenters. The predicted octanol–water partition coefficient (Wildman–Crippen LogP) is 2.73. The SMILES string of the molecule is COCCC(C)C(N)C1(OC)CCCCCC1. The van der Waals surface area contributed by atoms with Crippen LogP contribution >= 0.6 is 0 Å². The second-order valence-corrected chi connectivity index (χ2v) is 5.47. The van der Waals surface area contributed by atoms with Crippen LogP contribution in [0.2, 0.25) is 0 Å². The van der Waals surface area contributed by atoms with E-state index in [4.69, 9.17) is 15.2 Å². The van der Waals surface area contributed by atoms with Gasteiger partial charge >= 0.3 is 0 Å². The highest BCUT2D eigenvalue weighted by atomic mass is 16.5. The first-order valence-corrected chi connectivity index (χ1v) is 6.96. The number of hydrogen-bond donors (Lipinski definition) is 1. The third kappa shape index (κ3) is 3.94. The molecule has 2 N–H and O–H groups in total. The van der Waals surface area contributed by atoms with Crippen LogP contribution in [0.1, 0.15) is 51.9 Å². The second-order valence-electron chi connectivity index (χ2n) is 5.47. The molecule has 3 heteroatoms. The van der Waals surface area contributed by atoms with Crippen LogP contribution in [0.5, 0.6) is 0 Å². The van der Waals surface area contributed by atoms with Crippen LogP contribution < -0.4 is 5.73 Å². The van der Waals surface area contributed by atoms with E-state index in [2.05, 4.69) is 6.92 Å². The lowest BCUT2D eigenvalue weighted by atomic mass is 9.79. The lowest BCUT2D eigenvalue weighted by Gasteiger charge is -2.40. The molecule has 0 heterocycles. The number of nitrogens with two attached hydrogens (primary N) is 1. The number of hydrogen-bond acceptors (Lipinski definition) is 3. The van der Waals surface area contributed by atoms with E-state index in [1.54, 1.807) is 7.11 Å². The van der Waals surface area contributed by atoms with Gasteiger partial charge < -0.3 is 15.2 Å². The first kappa shape index (κ1) is 14.9. The van der Waals surface area contributed by atoms with E-state index in [0.717, 1.165) is 25.9 Å². The van der Waals surface area contributed by atoms with Gasteiger partial charge in [0.1, 0.15) is 0 Å². The minimum Gasteiger partial charge on any atom is -0.385 e.